The highest BCUT2D eigenvalue weighted by molar-refractivity contribution is 7.86. The largest absolute Gasteiger partial charge is 0.295 e. The van der Waals surface area contributed by atoms with Crippen LogP contribution in [0.25, 0.3) is 22.6 Å². The van der Waals surface area contributed by atoms with Gasteiger partial charge in [-0.25, -0.2) is 0 Å². The maximum atomic E-state index is 11.6. The van der Waals surface area contributed by atoms with Crippen molar-refractivity contribution in [1.29, 1.82) is 0 Å². The van der Waals surface area contributed by atoms with E-state index in [2.05, 4.69) is 10.0 Å². The highest BCUT2D eigenvalue weighted by Crippen LogP contribution is 2.29. The van der Waals surface area contributed by atoms with Crippen LogP contribution in [0.15, 0.2) is 57.4 Å². The van der Waals surface area contributed by atoms with Gasteiger partial charge in [0.05, 0.1) is 5.69 Å². The molecule has 0 fully saturated rings. The molecule has 2 aromatic rings. The van der Waals surface area contributed by atoms with Gasteiger partial charge in [0.25, 0.3) is 20.2 Å². The summed E-state index contributed by atoms with van der Waals surface area (Å²) in [7, 11) is -9.19. The van der Waals surface area contributed by atoms with E-state index >= 15 is 0 Å². The van der Waals surface area contributed by atoms with Gasteiger partial charge in [-0.15, -0.1) is 0 Å². The highest BCUT2D eigenvalue weighted by Gasteiger charge is 2.19. The summed E-state index contributed by atoms with van der Waals surface area (Å²) in [6, 6.07) is 9.42. The highest BCUT2D eigenvalue weighted by atomic mass is 32.2. The lowest BCUT2D eigenvalue weighted by Gasteiger charge is -2.07. The number of nitrogens with zero attached hydrogens (tertiary/aromatic N) is 3. The number of azide groups is 1. The fourth-order valence-corrected chi connectivity index (χ4v) is 3.61. The molecule has 0 bridgehead atoms. The second-order valence-corrected chi connectivity index (χ2v) is 7.45. The van der Waals surface area contributed by atoms with E-state index in [9.17, 15) is 25.9 Å². The molecule has 25 heavy (non-hydrogen) atoms. The second kappa shape index (κ2) is 7.05. The number of hydrogen-bond donors (Lipinski definition) is 2. The molecule has 0 aliphatic rings. The van der Waals surface area contributed by atoms with Crippen molar-refractivity contribution < 1.29 is 25.9 Å². The number of benzene rings is 2. The molecule has 0 spiro atoms. The Morgan fingerprint density at radius 2 is 1.48 bits per heavy atom. The normalized spacial score (nSPS) is 12.1. The van der Waals surface area contributed by atoms with Gasteiger partial charge in [0.15, 0.2) is 0 Å². The van der Waals surface area contributed by atoms with Crippen LogP contribution in [0, 0.1) is 0 Å². The summed E-state index contributed by atoms with van der Waals surface area (Å²) in [6.45, 7) is 0. The Kier molecular flexibility index (Phi) is 5.26. The van der Waals surface area contributed by atoms with Crippen molar-refractivity contribution >= 4 is 38.1 Å². The first-order valence-electron chi connectivity index (χ1n) is 6.55. The quantitative estimate of drug-likeness (QED) is 0.266. The van der Waals surface area contributed by atoms with Crippen LogP contribution in [-0.2, 0) is 20.2 Å². The van der Waals surface area contributed by atoms with Gasteiger partial charge in [-0.05, 0) is 22.7 Å². The van der Waals surface area contributed by atoms with Crippen molar-refractivity contribution in [1.82, 2.24) is 0 Å². The summed E-state index contributed by atoms with van der Waals surface area (Å²) in [5, 5.41) is 3.22. The molecule has 11 heteroatoms. The molecule has 0 amide bonds. The molecule has 2 rings (SSSR count). The van der Waals surface area contributed by atoms with E-state index < -0.39 is 25.1 Å². The van der Waals surface area contributed by atoms with Crippen molar-refractivity contribution in [2.45, 2.75) is 9.79 Å². The van der Waals surface area contributed by atoms with Gasteiger partial charge < -0.3 is 0 Å². The van der Waals surface area contributed by atoms with E-state index in [1.165, 1.54) is 54.6 Å². The lowest BCUT2D eigenvalue weighted by atomic mass is 10.1. The second-order valence-electron chi connectivity index (χ2n) is 4.71. The van der Waals surface area contributed by atoms with Crippen molar-refractivity contribution in [2.75, 3.05) is 0 Å². The Morgan fingerprint density at radius 1 is 0.880 bits per heavy atom. The number of rotatable bonds is 5. The molecular weight excluding hydrogens is 370 g/mol. The SMILES string of the molecule is [N-]=[N+]=Nc1cccc(C=Cc2ccccc2S(=O)(=O)O)c1S(=O)(=O)O. The summed E-state index contributed by atoms with van der Waals surface area (Å²) < 4.78 is 64.5. The van der Waals surface area contributed by atoms with Crippen molar-refractivity contribution in [3.63, 3.8) is 0 Å². The molecule has 0 aliphatic heterocycles. The van der Waals surface area contributed by atoms with Crippen molar-refractivity contribution in [2.24, 2.45) is 5.11 Å². The predicted octanol–water partition coefficient (Wildman–Crippen LogP) is 3.29. The third-order valence-corrected chi connectivity index (χ3v) is 4.96. The van der Waals surface area contributed by atoms with E-state index in [0.717, 1.165) is 0 Å². The lowest BCUT2D eigenvalue weighted by molar-refractivity contribution is 0.480. The molecule has 0 radical (unpaired) electrons. The van der Waals surface area contributed by atoms with Crippen LogP contribution >= 0.6 is 0 Å². The van der Waals surface area contributed by atoms with Gasteiger partial charge in [0.1, 0.15) is 9.79 Å². The van der Waals surface area contributed by atoms with Gasteiger partial charge in [-0.2, -0.15) is 16.8 Å². The molecule has 2 N–H and O–H groups in total. The Bertz CT molecular complexity index is 1100. The minimum Gasteiger partial charge on any atom is -0.282 e. The minimum atomic E-state index is -4.71. The van der Waals surface area contributed by atoms with Crippen LogP contribution < -0.4 is 0 Å². The maximum absolute atomic E-state index is 11.6. The summed E-state index contributed by atoms with van der Waals surface area (Å²) in [5.41, 5.74) is 8.26. The Balaban J connectivity index is 2.66. The topological polar surface area (TPSA) is 158 Å². The lowest BCUT2D eigenvalue weighted by Crippen LogP contribution is -2.02. The molecule has 0 aromatic heterocycles. The summed E-state index contributed by atoms with van der Waals surface area (Å²) >= 11 is 0. The molecule has 0 saturated carbocycles. The Labute approximate surface area is 143 Å². The molecule has 0 heterocycles. The third-order valence-electron chi connectivity index (χ3n) is 3.07. The average molecular weight is 381 g/mol. The molecular formula is C14H11N3O6S2. The van der Waals surface area contributed by atoms with Crippen LogP contribution in [0.5, 0.6) is 0 Å². The van der Waals surface area contributed by atoms with Crippen LogP contribution in [0.3, 0.4) is 0 Å². The molecule has 9 nitrogen and oxygen atoms in total. The van der Waals surface area contributed by atoms with E-state index in [1.807, 2.05) is 0 Å². The standard InChI is InChI=1S/C14H11N3O6S2/c15-17-16-12-6-3-5-11(14(12)25(21,22)23)9-8-10-4-1-2-7-13(10)24(18,19)20/h1-9H,(H,18,19,20)(H,21,22,23). The molecule has 0 saturated heterocycles. The fraction of sp³-hybridized carbons (Fsp3) is 0. The molecule has 0 atom stereocenters. The monoisotopic (exact) mass is 381 g/mol. The third kappa shape index (κ3) is 4.44. The molecule has 0 unspecified atom stereocenters. The summed E-state index contributed by atoms with van der Waals surface area (Å²) in [4.78, 5) is 1.51. The van der Waals surface area contributed by atoms with E-state index in [1.54, 1.807) is 0 Å². The van der Waals surface area contributed by atoms with Crippen LogP contribution in [0.4, 0.5) is 5.69 Å². The van der Waals surface area contributed by atoms with Gasteiger partial charge in [-0.1, -0.05) is 53.7 Å². The summed E-state index contributed by atoms with van der Waals surface area (Å²) in [5.74, 6) is 0. The maximum Gasteiger partial charge on any atom is 0.295 e. The minimum absolute atomic E-state index is 0.0301. The first-order chi connectivity index (χ1) is 11.6. The first kappa shape index (κ1) is 18.6. The zero-order valence-corrected chi connectivity index (χ0v) is 14.0. The summed E-state index contributed by atoms with van der Waals surface area (Å²) in [6.07, 6.45) is 2.45. The van der Waals surface area contributed by atoms with Crippen LogP contribution in [0.1, 0.15) is 11.1 Å². The van der Waals surface area contributed by atoms with Gasteiger partial charge >= 0.3 is 0 Å². The van der Waals surface area contributed by atoms with E-state index in [0.29, 0.717) is 0 Å². The van der Waals surface area contributed by atoms with Crippen molar-refractivity contribution in [3.8, 4) is 0 Å². The average Bonchev–Trinajstić information content (AvgIpc) is 2.51. The zero-order valence-electron chi connectivity index (χ0n) is 12.4. The van der Waals surface area contributed by atoms with Crippen LogP contribution in [0.2, 0.25) is 0 Å². The molecule has 130 valence electrons. The fourth-order valence-electron chi connectivity index (χ4n) is 2.11. The van der Waals surface area contributed by atoms with Crippen molar-refractivity contribution in [3.05, 3.63) is 64.0 Å². The first-order valence-corrected chi connectivity index (χ1v) is 9.43. The van der Waals surface area contributed by atoms with E-state index in [-0.39, 0.29) is 21.7 Å². The predicted molar refractivity (Wildman–Crippen MR) is 90.2 cm³/mol. The van der Waals surface area contributed by atoms with Gasteiger partial charge in [-0.3, -0.25) is 9.11 Å². The van der Waals surface area contributed by atoms with Crippen LogP contribution in [-0.4, -0.2) is 25.9 Å². The molecule has 2 aromatic carbocycles. The van der Waals surface area contributed by atoms with Gasteiger partial charge in [0.2, 0.25) is 0 Å². The van der Waals surface area contributed by atoms with Gasteiger partial charge in [0, 0.05) is 4.91 Å². The number of hydrogen-bond acceptors (Lipinski definition) is 5. The molecule has 0 aliphatic carbocycles. The zero-order chi connectivity index (χ0) is 18.7. The van der Waals surface area contributed by atoms with E-state index in [4.69, 9.17) is 5.53 Å². The smallest absolute Gasteiger partial charge is 0.282 e. The Morgan fingerprint density at radius 3 is 2.08 bits per heavy atom. The Hall–Kier alpha value is -2.69.